The molecule has 1 aromatic heterocycles. The highest BCUT2D eigenvalue weighted by atomic mass is 127. The Morgan fingerprint density at radius 1 is 1.38 bits per heavy atom. The van der Waals surface area contributed by atoms with Gasteiger partial charge in [-0.05, 0) is 89.4 Å². The summed E-state index contributed by atoms with van der Waals surface area (Å²) in [6.45, 7) is 1.15. The maximum absolute atomic E-state index is 12.3. The van der Waals surface area contributed by atoms with Crippen molar-refractivity contribution < 1.29 is 28.5 Å². The third kappa shape index (κ3) is 5.33. The molecule has 0 radical (unpaired) electrons. The summed E-state index contributed by atoms with van der Waals surface area (Å²) in [5.74, 6) is 0.283. The van der Waals surface area contributed by atoms with E-state index < -0.39 is 27.8 Å². The highest BCUT2D eigenvalue weighted by Crippen LogP contribution is 2.35. The lowest BCUT2D eigenvalue weighted by molar-refractivity contribution is 0.190. The van der Waals surface area contributed by atoms with Crippen molar-refractivity contribution in [1.82, 2.24) is 4.98 Å². The van der Waals surface area contributed by atoms with Crippen molar-refractivity contribution in [3.63, 3.8) is 0 Å². The van der Waals surface area contributed by atoms with E-state index >= 15 is 0 Å². The number of aliphatic hydroxyl groups excluding tert-OH is 2. The first-order valence-corrected chi connectivity index (χ1v) is 12.9. The van der Waals surface area contributed by atoms with Crippen LogP contribution in [0.25, 0.3) is 11.6 Å². The van der Waals surface area contributed by atoms with Crippen molar-refractivity contribution in [3.05, 3.63) is 62.5 Å². The van der Waals surface area contributed by atoms with E-state index in [2.05, 4.69) is 4.98 Å². The quantitative estimate of drug-likeness (QED) is 0.329. The molecule has 7 nitrogen and oxygen atoms in total. The lowest BCUT2D eigenvalue weighted by atomic mass is 9.94. The van der Waals surface area contributed by atoms with E-state index in [1.54, 1.807) is 19.2 Å². The standard InChI is InChI=1S/C23H26INO6S/c1-14-13-32(29,30)21(12-26)22(14)19(27)7-6-16(18-5-3-4-8-25-18)9-15-10-17(24)23(28)20(11-15)31-2/h3-5,8-11,19,21,26-28H,6-7,12-13H2,1-2H3/b16-9-/t19-,21+/m1/s1. The Bertz CT molecular complexity index is 1140. The fraction of sp³-hybridized carbons (Fsp3) is 0.348. The third-order valence-electron chi connectivity index (χ3n) is 5.51. The van der Waals surface area contributed by atoms with Gasteiger partial charge in [0, 0.05) is 6.20 Å². The summed E-state index contributed by atoms with van der Waals surface area (Å²) >= 11 is 2.03. The maximum Gasteiger partial charge on any atom is 0.171 e. The Kier molecular flexibility index (Phi) is 7.97. The number of pyridine rings is 1. The van der Waals surface area contributed by atoms with Gasteiger partial charge in [-0.3, -0.25) is 4.98 Å². The van der Waals surface area contributed by atoms with E-state index in [1.165, 1.54) is 7.11 Å². The van der Waals surface area contributed by atoms with Crippen molar-refractivity contribution >= 4 is 44.1 Å². The van der Waals surface area contributed by atoms with Crippen LogP contribution < -0.4 is 4.74 Å². The van der Waals surface area contributed by atoms with Gasteiger partial charge in [0.15, 0.2) is 21.3 Å². The van der Waals surface area contributed by atoms with Gasteiger partial charge < -0.3 is 20.1 Å². The Balaban J connectivity index is 1.91. The number of phenolic OH excluding ortho intramolecular Hbond substituents is 1. The zero-order valence-corrected chi connectivity index (χ0v) is 20.8. The first kappa shape index (κ1) is 24.7. The molecule has 0 unspecified atom stereocenters. The van der Waals surface area contributed by atoms with Crippen LogP contribution in [0.2, 0.25) is 0 Å². The van der Waals surface area contributed by atoms with Gasteiger partial charge >= 0.3 is 0 Å². The average Bonchev–Trinajstić information content (AvgIpc) is 3.01. The Morgan fingerprint density at radius 3 is 2.75 bits per heavy atom. The van der Waals surface area contributed by atoms with Crippen molar-refractivity contribution in [1.29, 1.82) is 0 Å². The Labute approximate surface area is 201 Å². The number of halogens is 1. The molecule has 0 spiro atoms. The van der Waals surface area contributed by atoms with Gasteiger partial charge in [-0.15, -0.1) is 0 Å². The monoisotopic (exact) mass is 571 g/mol. The van der Waals surface area contributed by atoms with Crippen LogP contribution in [0, 0.1) is 3.57 Å². The predicted molar refractivity (Wildman–Crippen MR) is 132 cm³/mol. The van der Waals surface area contributed by atoms with Gasteiger partial charge in [0.05, 0.1) is 34.8 Å². The molecule has 0 aliphatic carbocycles. The summed E-state index contributed by atoms with van der Waals surface area (Å²) in [7, 11) is -2.00. The summed E-state index contributed by atoms with van der Waals surface area (Å²) in [6.07, 6.45) is 3.29. The topological polar surface area (TPSA) is 117 Å². The van der Waals surface area contributed by atoms with Gasteiger partial charge in [-0.1, -0.05) is 11.6 Å². The molecule has 0 saturated carbocycles. The largest absolute Gasteiger partial charge is 0.504 e. The third-order valence-corrected chi connectivity index (χ3v) is 8.44. The summed E-state index contributed by atoms with van der Waals surface area (Å²) in [4.78, 5) is 4.42. The van der Waals surface area contributed by atoms with Gasteiger partial charge in [-0.25, -0.2) is 8.42 Å². The lowest BCUT2D eigenvalue weighted by Crippen LogP contribution is -2.29. The SMILES string of the molecule is COc1cc(/C=C(/CC[C@@H](O)C2=C(C)CS(=O)(=O)[C@H]2CO)c2ccccn2)cc(I)c1O. The molecule has 1 aliphatic rings. The summed E-state index contributed by atoms with van der Waals surface area (Å²) < 4.78 is 30.4. The van der Waals surface area contributed by atoms with Crippen LogP contribution in [-0.2, 0) is 9.84 Å². The van der Waals surface area contributed by atoms with E-state index in [-0.39, 0.29) is 17.9 Å². The fourth-order valence-electron chi connectivity index (χ4n) is 3.97. The summed E-state index contributed by atoms with van der Waals surface area (Å²) in [6, 6.07) is 9.07. The minimum Gasteiger partial charge on any atom is -0.504 e. The molecule has 9 heteroatoms. The molecular formula is C23H26INO6S. The Morgan fingerprint density at radius 2 is 2.12 bits per heavy atom. The molecular weight excluding hydrogens is 545 g/mol. The lowest BCUT2D eigenvalue weighted by Gasteiger charge is -2.19. The number of hydrogen-bond donors (Lipinski definition) is 3. The number of rotatable bonds is 8. The maximum atomic E-state index is 12.3. The zero-order chi connectivity index (χ0) is 23.5. The van der Waals surface area contributed by atoms with Gasteiger partial charge in [0.1, 0.15) is 5.25 Å². The highest BCUT2D eigenvalue weighted by molar-refractivity contribution is 14.1. The molecule has 2 atom stereocenters. The summed E-state index contributed by atoms with van der Waals surface area (Å²) in [5.41, 5.74) is 3.36. The van der Waals surface area contributed by atoms with Gasteiger partial charge in [-0.2, -0.15) is 0 Å². The second-order valence-corrected chi connectivity index (χ2v) is 11.1. The van der Waals surface area contributed by atoms with Gasteiger partial charge in [0.2, 0.25) is 0 Å². The summed E-state index contributed by atoms with van der Waals surface area (Å²) in [5, 5.41) is 29.5. The first-order chi connectivity index (χ1) is 15.2. The predicted octanol–water partition coefficient (Wildman–Crippen LogP) is 3.19. The first-order valence-electron chi connectivity index (χ1n) is 10.1. The van der Waals surface area contributed by atoms with Crippen molar-refractivity contribution in [2.75, 3.05) is 19.5 Å². The number of allylic oxidation sites excluding steroid dienone is 1. The second kappa shape index (κ2) is 10.3. The number of aliphatic hydroxyl groups is 2. The molecule has 0 fully saturated rings. The average molecular weight is 571 g/mol. The normalized spacial score (nSPS) is 19.3. The van der Waals surface area contributed by atoms with E-state index in [4.69, 9.17) is 4.74 Å². The number of phenols is 1. The number of aromatic hydroxyl groups is 1. The van der Waals surface area contributed by atoms with Crippen LogP contribution in [0.3, 0.4) is 0 Å². The molecule has 2 aromatic rings. The Hall–Kier alpha value is -1.95. The number of methoxy groups -OCH3 is 1. The number of nitrogens with zero attached hydrogens (tertiary/aromatic N) is 1. The van der Waals surface area contributed by atoms with Crippen LogP contribution in [0.4, 0.5) is 0 Å². The number of ether oxygens (including phenoxy) is 1. The van der Waals surface area contributed by atoms with Crippen molar-refractivity contribution in [3.8, 4) is 11.5 Å². The molecule has 2 heterocycles. The minimum absolute atomic E-state index is 0.0694. The van der Waals surface area contributed by atoms with Gasteiger partial charge in [0.25, 0.3) is 0 Å². The molecule has 0 amide bonds. The number of hydrogen-bond acceptors (Lipinski definition) is 7. The molecule has 172 valence electrons. The molecule has 1 aliphatic heterocycles. The molecule has 0 bridgehead atoms. The second-order valence-electron chi connectivity index (χ2n) is 7.71. The van der Waals surface area contributed by atoms with E-state index in [0.717, 1.165) is 16.8 Å². The van der Waals surface area contributed by atoms with Crippen molar-refractivity contribution in [2.24, 2.45) is 0 Å². The van der Waals surface area contributed by atoms with E-state index in [9.17, 15) is 23.7 Å². The molecule has 1 aromatic carbocycles. The fourth-order valence-corrected chi connectivity index (χ4v) is 6.54. The molecule has 3 N–H and O–H groups in total. The number of aromatic nitrogens is 1. The highest BCUT2D eigenvalue weighted by Gasteiger charge is 2.39. The van der Waals surface area contributed by atoms with Crippen LogP contribution in [0.5, 0.6) is 11.5 Å². The number of benzene rings is 1. The smallest absolute Gasteiger partial charge is 0.171 e. The van der Waals surface area contributed by atoms with Crippen LogP contribution >= 0.6 is 22.6 Å². The van der Waals surface area contributed by atoms with Crippen LogP contribution in [0.1, 0.15) is 31.0 Å². The van der Waals surface area contributed by atoms with Crippen LogP contribution in [0.15, 0.2) is 47.7 Å². The molecule has 32 heavy (non-hydrogen) atoms. The van der Waals surface area contributed by atoms with E-state index in [1.807, 2.05) is 52.9 Å². The minimum atomic E-state index is -3.49. The molecule has 3 rings (SSSR count). The zero-order valence-electron chi connectivity index (χ0n) is 17.8. The van der Waals surface area contributed by atoms with E-state index in [0.29, 0.717) is 26.9 Å². The van der Waals surface area contributed by atoms with Crippen molar-refractivity contribution in [2.45, 2.75) is 31.1 Å². The molecule has 0 saturated heterocycles. The van der Waals surface area contributed by atoms with Crippen LogP contribution in [-0.4, -0.2) is 59.5 Å². The number of sulfone groups is 1.